The third-order valence-corrected chi connectivity index (χ3v) is 1.95. The van der Waals surface area contributed by atoms with Gasteiger partial charge in [0.2, 0.25) is 6.61 Å². The Labute approximate surface area is 109 Å². The van der Waals surface area contributed by atoms with E-state index in [9.17, 15) is 9.59 Å². The summed E-state index contributed by atoms with van der Waals surface area (Å²) in [5.41, 5.74) is 5.58. The van der Waals surface area contributed by atoms with Crippen molar-refractivity contribution in [2.45, 2.75) is 0 Å². The molecule has 1 aromatic carbocycles. The molecule has 0 saturated heterocycles. The number of methoxy groups -OCH3 is 1. The molecule has 0 unspecified atom stereocenters. The van der Waals surface area contributed by atoms with E-state index in [1.807, 2.05) is 0 Å². The summed E-state index contributed by atoms with van der Waals surface area (Å²) in [5.74, 6) is -0.714. The Bertz CT molecular complexity index is 456. The largest absolute Gasteiger partial charge is 0.497 e. The Balaban J connectivity index is 2.29. The van der Waals surface area contributed by atoms with Gasteiger partial charge in [-0.1, -0.05) is 5.16 Å². The topological polar surface area (TPSA) is 100 Å². The van der Waals surface area contributed by atoms with E-state index in [1.165, 1.54) is 6.21 Å². The van der Waals surface area contributed by atoms with Crippen LogP contribution < -0.4 is 10.5 Å². The minimum Gasteiger partial charge on any atom is -0.497 e. The Hall–Kier alpha value is -2.57. The second-order valence-corrected chi connectivity index (χ2v) is 3.41. The third-order valence-electron chi connectivity index (χ3n) is 1.95. The second-order valence-electron chi connectivity index (χ2n) is 3.41. The van der Waals surface area contributed by atoms with Gasteiger partial charge in [0.15, 0.2) is 6.61 Å². The van der Waals surface area contributed by atoms with E-state index in [-0.39, 0.29) is 6.61 Å². The molecule has 0 aliphatic rings. The van der Waals surface area contributed by atoms with Gasteiger partial charge < -0.3 is 20.0 Å². The van der Waals surface area contributed by atoms with Gasteiger partial charge in [-0.05, 0) is 29.8 Å². The Morgan fingerprint density at radius 2 is 1.95 bits per heavy atom. The number of hydrogen-bond acceptors (Lipinski definition) is 6. The lowest BCUT2D eigenvalue weighted by Crippen LogP contribution is -2.22. The number of benzene rings is 1. The van der Waals surface area contributed by atoms with Gasteiger partial charge in [0.25, 0.3) is 5.91 Å². The van der Waals surface area contributed by atoms with E-state index in [1.54, 1.807) is 31.4 Å². The van der Waals surface area contributed by atoms with Crippen molar-refractivity contribution in [3.05, 3.63) is 29.8 Å². The van der Waals surface area contributed by atoms with Crippen molar-refractivity contribution in [2.24, 2.45) is 10.9 Å². The maximum Gasteiger partial charge on any atom is 0.347 e. The number of carbonyl (C=O) groups is 2. The number of oxime groups is 1. The molecule has 0 aliphatic heterocycles. The summed E-state index contributed by atoms with van der Waals surface area (Å²) in [6, 6.07) is 7.08. The molecule has 102 valence electrons. The average molecular weight is 266 g/mol. The summed E-state index contributed by atoms with van der Waals surface area (Å²) in [4.78, 5) is 26.0. The zero-order chi connectivity index (χ0) is 14.1. The molecule has 0 spiro atoms. The number of nitrogens with zero attached hydrogens (tertiary/aromatic N) is 1. The van der Waals surface area contributed by atoms with Crippen LogP contribution in [0.5, 0.6) is 5.75 Å². The number of rotatable bonds is 7. The summed E-state index contributed by atoms with van der Waals surface area (Å²) in [5, 5.41) is 3.58. The molecule has 2 N–H and O–H groups in total. The van der Waals surface area contributed by atoms with E-state index in [4.69, 9.17) is 15.3 Å². The Kier molecular flexibility index (Phi) is 5.87. The number of amides is 1. The van der Waals surface area contributed by atoms with Gasteiger partial charge in [-0.25, -0.2) is 4.79 Å². The van der Waals surface area contributed by atoms with Gasteiger partial charge in [0, 0.05) is 0 Å². The van der Waals surface area contributed by atoms with Crippen LogP contribution in [0.2, 0.25) is 0 Å². The van der Waals surface area contributed by atoms with Crippen LogP contribution in [0.25, 0.3) is 0 Å². The summed E-state index contributed by atoms with van der Waals surface area (Å²) >= 11 is 0. The quantitative estimate of drug-likeness (QED) is 0.428. The standard InChI is InChI=1S/C12H14N2O5/c1-17-10-4-2-9(3-5-10)6-14-19-8-12(16)18-7-11(13)15/h2-6H,7-8H2,1H3,(H2,13,15)/b14-6-. The van der Waals surface area contributed by atoms with Crippen molar-refractivity contribution in [1.29, 1.82) is 0 Å². The molecule has 1 aromatic rings. The van der Waals surface area contributed by atoms with Gasteiger partial charge in [-0.15, -0.1) is 0 Å². The molecule has 0 bridgehead atoms. The van der Waals surface area contributed by atoms with Crippen molar-refractivity contribution in [3.63, 3.8) is 0 Å². The number of hydrogen-bond donors (Lipinski definition) is 1. The molecule has 0 fully saturated rings. The van der Waals surface area contributed by atoms with Crippen LogP contribution in [0, 0.1) is 0 Å². The Morgan fingerprint density at radius 3 is 2.53 bits per heavy atom. The van der Waals surface area contributed by atoms with Crippen LogP contribution in [0.4, 0.5) is 0 Å². The highest BCUT2D eigenvalue weighted by Crippen LogP contribution is 2.09. The van der Waals surface area contributed by atoms with Gasteiger partial charge >= 0.3 is 5.97 Å². The van der Waals surface area contributed by atoms with Crippen LogP contribution in [-0.2, 0) is 19.2 Å². The third kappa shape index (κ3) is 6.06. The lowest BCUT2D eigenvalue weighted by molar-refractivity contribution is -0.152. The molecule has 0 heterocycles. The molecule has 7 heteroatoms. The van der Waals surface area contributed by atoms with Crippen LogP contribution in [-0.4, -0.2) is 38.4 Å². The van der Waals surface area contributed by atoms with Crippen molar-refractivity contribution >= 4 is 18.1 Å². The number of nitrogens with two attached hydrogens (primary N) is 1. The number of carbonyl (C=O) groups excluding carboxylic acids is 2. The van der Waals surface area contributed by atoms with Gasteiger partial charge in [-0.3, -0.25) is 4.79 Å². The molecule has 0 saturated carbocycles. The summed E-state index contributed by atoms with van der Waals surface area (Å²) in [6.07, 6.45) is 1.43. The predicted molar refractivity (Wildman–Crippen MR) is 66.7 cm³/mol. The highest BCUT2D eigenvalue weighted by molar-refractivity contribution is 5.80. The monoisotopic (exact) mass is 266 g/mol. The highest BCUT2D eigenvalue weighted by atomic mass is 16.7. The molecule has 0 radical (unpaired) electrons. The first-order valence-corrected chi connectivity index (χ1v) is 5.35. The first-order chi connectivity index (χ1) is 9.11. The normalized spacial score (nSPS) is 10.2. The fraction of sp³-hybridized carbons (Fsp3) is 0.250. The number of ether oxygens (including phenoxy) is 2. The van der Waals surface area contributed by atoms with E-state index in [0.717, 1.165) is 11.3 Å². The fourth-order valence-electron chi connectivity index (χ4n) is 1.07. The minimum absolute atomic E-state index is 0.389. The van der Waals surface area contributed by atoms with Crippen molar-refractivity contribution in [3.8, 4) is 5.75 Å². The van der Waals surface area contributed by atoms with E-state index >= 15 is 0 Å². The zero-order valence-corrected chi connectivity index (χ0v) is 10.4. The molecular weight excluding hydrogens is 252 g/mol. The average Bonchev–Trinajstić information content (AvgIpc) is 2.42. The smallest absolute Gasteiger partial charge is 0.347 e. The summed E-state index contributed by atoms with van der Waals surface area (Å²) in [7, 11) is 1.57. The van der Waals surface area contributed by atoms with Crippen LogP contribution in [0.1, 0.15) is 5.56 Å². The molecule has 0 aromatic heterocycles. The number of primary amides is 1. The SMILES string of the molecule is COc1ccc(/C=N\OCC(=O)OCC(N)=O)cc1. The molecule has 1 rings (SSSR count). The van der Waals surface area contributed by atoms with Crippen LogP contribution in [0.15, 0.2) is 29.4 Å². The van der Waals surface area contributed by atoms with E-state index in [0.29, 0.717) is 0 Å². The first kappa shape index (κ1) is 14.5. The van der Waals surface area contributed by atoms with E-state index in [2.05, 4.69) is 9.89 Å². The molecule has 0 atom stereocenters. The maximum atomic E-state index is 11.0. The fourth-order valence-corrected chi connectivity index (χ4v) is 1.07. The molecule has 1 amide bonds. The van der Waals surface area contributed by atoms with Gasteiger partial charge in [-0.2, -0.15) is 0 Å². The molecule has 0 aliphatic carbocycles. The predicted octanol–water partition coefficient (Wildman–Crippen LogP) is 0.0742. The second kappa shape index (κ2) is 7.70. The first-order valence-electron chi connectivity index (χ1n) is 5.35. The van der Waals surface area contributed by atoms with E-state index < -0.39 is 18.5 Å². The molecular formula is C12H14N2O5. The van der Waals surface area contributed by atoms with Gasteiger partial charge in [0.05, 0.1) is 13.3 Å². The minimum atomic E-state index is -0.727. The molecule has 7 nitrogen and oxygen atoms in total. The van der Waals surface area contributed by atoms with Gasteiger partial charge in [0.1, 0.15) is 5.75 Å². The summed E-state index contributed by atoms with van der Waals surface area (Å²) in [6.45, 7) is -0.857. The maximum absolute atomic E-state index is 11.0. The Morgan fingerprint density at radius 1 is 1.26 bits per heavy atom. The van der Waals surface area contributed by atoms with Crippen LogP contribution in [0.3, 0.4) is 0 Å². The molecule has 19 heavy (non-hydrogen) atoms. The zero-order valence-electron chi connectivity index (χ0n) is 10.4. The number of esters is 1. The lowest BCUT2D eigenvalue weighted by atomic mass is 10.2. The summed E-state index contributed by atoms with van der Waals surface area (Å²) < 4.78 is 9.45. The van der Waals surface area contributed by atoms with Crippen molar-refractivity contribution in [1.82, 2.24) is 0 Å². The van der Waals surface area contributed by atoms with Crippen molar-refractivity contribution in [2.75, 3.05) is 20.3 Å². The lowest BCUT2D eigenvalue weighted by Gasteiger charge is -2.01. The van der Waals surface area contributed by atoms with Crippen LogP contribution >= 0.6 is 0 Å². The highest BCUT2D eigenvalue weighted by Gasteiger charge is 2.04. The van der Waals surface area contributed by atoms with Crippen molar-refractivity contribution < 1.29 is 23.9 Å².